The van der Waals surface area contributed by atoms with E-state index in [4.69, 9.17) is 4.74 Å². The van der Waals surface area contributed by atoms with E-state index in [1.54, 1.807) is 13.3 Å². The molecule has 1 heterocycles. The highest BCUT2D eigenvalue weighted by Crippen LogP contribution is 2.29. The molecule has 0 amide bonds. The van der Waals surface area contributed by atoms with Gasteiger partial charge in [-0.05, 0) is 23.8 Å². The number of hydrogen-bond donors (Lipinski definition) is 1. The second-order valence-corrected chi connectivity index (χ2v) is 5.14. The molecule has 0 radical (unpaired) electrons. The van der Waals surface area contributed by atoms with Crippen LogP contribution in [0.25, 0.3) is 10.9 Å². The fourth-order valence-electron chi connectivity index (χ4n) is 2.65. The van der Waals surface area contributed by atoms with Crippen molar-refractivity contribution < 1.29 is 9.66 Å². The lowest BCUT2D eigenvalue weighted by Gasteiger charge is -2.09. The number of fused-ring (bicyclic) bond motifs is 1. The van der Waals surface area contributed by atoms with Crippen molar-refractivity contribution in [2.24, 2.45) is 0 Å². The highest BCUT2D eigenvalue weighted by Gasteiger charge is 2.26. The van der Waals surface area contributed by atoms with E-state index in [2.05, 4.69) is 4.98 Å². The van der Waals surface area contributed by atoms with E-state index in [9.17, 15) is 10.1 Å². The van der Waals surface area contributed by atoms with Crippen LogP contribution in [0.3, 0.4) is 0 Å². The van der Waals surface area contributed by atoms with Gasteiger partial charge in [-0.1, -0.05) is 30.3 Å². The van der Waals surface area contributed by atoms with Crippen molar-refractivity contribution in [1.29, 1.82) is 0 Å². The van der Waals surface area contributed by atoms with Crippen LogP contribution in [0.1, 0.15) is 17.2 Å². The number of para-hydroxylation sites is 1. The average molecular weight is 296 g/mol. The summed E-state index contributed by atoms with van der Waals surface area (Å²) in [6.45, 7) is 0. The van der Waals surface area contributed by atoms with Crippen LogP contribution < -0.4 is 4.74 Å². The maximum Gasteiger partial charge on any atom is 0.244 e. The largest absolute Gasteiger partial charge is 0.497 e. The van der Waals surface area contributed by atoms with Crippen molar-refractivity contribution in [1.82, 2.24) is 4.98 Å². The molecule has 0 spiro atoms. The van der Waals surface area contributed by atoms with E-state index in [1.807, 2.05) is 48.5 Å². The molecule has 1 atom stereocenters. The molecular weight excluding hydrogens is 280 g/mol. The third kappa shape index (κ3) is 2.65. The normalized spacial score (nSPS) is 12.2. The minimum atomic E-state index is -0.774. The van der Waals surface area contributed by atoms with Gasteiger partial charge < -0.3 is 9.72 Å². The number of H-pyrrole nitrogens is 1. The predicted octanol–water partition coefficient (Wildman–Crippen LogP) is 3.74. The Kier molecular flexibility index (Phi) is 3.78. The van der Waals surface area contributed by atoms with Gasteiger partial charge in [0.05, 0.1) is 12.7 Å². The van der Waals surface area contributed by atoms with E-state index < -0.39 is 6.04 Å². The second-order valence-electron chi connectivity index (χ2n) is 5.14. The molecule has 0 aliphatic carbocycles. The van der Waals surface area contributed by atoms with Crippen LogP contribution in [0.15, 0.2) is 54.7 Å². The van der Waals surface area contributed by atoms with Gasteiger partial charge in [-0.2, -0.15) is 0 Å². The van der Waals surface area contributed by atoms with E-state index >= 15 is 0 Å². The Bertz CT molecular complexity index is 793. The molecule has 1 N–H and O–H groups in total. The van der Waals surface area contributed by atoms with E-state index in [0.29, 0.717) is 6.42 Å². The monoisotopic (exact) mass is 296 g/mol. The van der Waals surface area contributed by atoms with Crippen LogP contribution in [0.2, 0.25) is 0 Å². The smallest absolute Gasteiger partial charge is 0.244 e. The first-order valence-electron chi connectivity index (χ1n) is 7.01. The molecular formula is C17H16N2O3. The zero-order chi connectivity index (χ0) is 15.5. The Balaban J connectivity index is 1.94. The summed E-state index contributed by atoms with van der Waals surface area (Å²) in [5.41, 5.74) is 2.54. The maximum absolute atomic E-state index is 11.5. The number of rotatable bonds is 5. The minimum Gasteiger partial charge on any atom is -0.497 e. The van der Waals surface area contributed by atoms with Crippen molar-refractivity contribution >= 4 is 10.9 Å². The fourth-order valence-corrected chi connectivity index (χ4v) is 2.65. The molecule has 0 bridgehead atoms. The number of methoxy groups -OCH3 is 1. The van der Waals surface area contributed by atoms with Gasteiger partial charge >= 0.3 is 0 Å². The van der Waals surface area contributed by atoms with Crippen molar-refractivity contribution in [3.05, 3.63) is 76.0 Å². The quantitative estimate of drug-likeness (QED) is 0.576. The number of aromatic amines is 1. The Hall–Kier alpha value is -2.82. The predicted molar refractivity (Wildman–Crippen MR) is 84.7 cm³/mol. The Labute approximate surface area is 127 Å². The van der Waals surface area contributed by atoms with Gasteiger partial charge in [0, 0.05) is 28.4 Å². The lowest BCUT2D eigenvalue weighted by Crippen LogP contribution is -2.13. The van der Waals surface area contributed by atoms with Gasteiger partial charge in [-0.15, -0.1) is 0 Å². The zero-order valence-electron chi connectivity index (χ0n) is 12.2. The summed E-state index contributed by atoms with van der Waals surface area (Å²) in [4.78, 5) is 14.4. The molecule has 3 aromatic rings. The second kappa shape index (κ2) is 5.89. The highest BCUT2D eigenvalue weighted by atomic mass is 16.6. The molecule has 22 heavy (non-hydrogen) atoms. The molecule has 112 valence electrons. The Morgan fingerprint density at radius 3 is 2.59 bits per heavy atom. The van der Waals surface area contributed by atoms with E-state index in [-0.39, 0.29) is 4.92 Å². The maximum atomic E-state index is 11.5. The lowest BCUT2D eigenvalue weighted by atomic mass is 9.99. The Morgan fingerprint density at radius 2 is 1.91 bits per heavy atom. The molecule has 0 fully saturated rings. The molecule has 0 aliphatic rings. The lowest BCUT2D eigenvalue weighted by molar-refractivity contribution is -0.528. The number of benzene rings is 2. The average Bonchev–Trinajstić information content (AvgIpc) is 2.96. The number of hydrogen-bond acceptors (Lipinski definition) is 3. The first-order valence-corrected chi connectivity index (χ1v) is 7.01. The Morgan fingerprint density at radius 1 is 1.18 bits per heavy atom. The third-order valence-corrected chi connectivity index (χ3v) is 3.82. The molecule has 2 aromatic carbocycles. The molecule has 1 unspecified atom stereocenters. The first-order chi connectivity index (χ1) is 10.7. The topological polar surface area (TPSA) is 68.2 Å². The van der Waals surface area contributed by atoms with Crippen molar-refractivity contribution in [2.45, 2.75) is 12.5 Å². The molecule has 0 saturated carbocycles. The minimum absolute atomic E-state index is 0.222. The van der Waals surface area contributed by atoms with Gasteiger partial charge in [0.2, 0.25) is 6.04 Å². The number of nitrogens with one attached hydrogen (secondary N) is 1. The SMILES string of the molecule is COc1ccc(CC(c2c[nH]c3ccccc23)[N+](=O)[O-])cc1. The summed E-state index contributed by atoms with van der Waals surface area (Å²) >= 11 is 0. The van der Waals surface area contributed by atoms with Gasteiger partial charge in [-0.25, -0.2) is 0 Å². The van der Waals surface area contributed by atoms with Crippen molar-refractivity contribution in [3.63, 3.8) is 0 Å². The van der Waals surface area contributed by atoms with Crippen molar-refractivity contribution in [3.8, 4) is 5.75 Å². The van der Waals surface area contributed by atoms with Crippen LogP contribution >= 0.6 is 0 Å². The van der Waals surface area contributed by atoms with Crippen LogP contribution in [-0.4, -0.2) is 17.0 Å². The highest BCUT2D eigenvalue weighted by molar-refractivity contribution is 5.83. The van der Waals surface area contributed by atoms with Crippen LogP contribution in [0, 0.1) is 10.1 Å². The first kappa shape index (κ1) is 14.1. The standard InChI is InChI=1S/C17H16N2O3/c1-22-13-8-6-12(7-9-13)10-17(19(20)21)15-11-18-16-5-3-2-4-14(15)16/h2-9,11,17-18H,10H2,1H3. The molecule has 5 nitrogen and oxygen atoms in total. The molecule has 1 aromatic heterocycles. The summed E-state index contributed by atoms with van der Waals surface area (Å²) in [6, 6.07) is 14.2. The number of nitrogens with zero attached hydrogens (tertiary/aromatic N) is 1. The summed E-state index contributed by atoms with van der Waals surface area (Å²) in [5, 5.41) is 12.4. The number of ether oxygens (including phenoxy) is 1. The van der Waals surface area contributed by atoms with Gasteiger partial charge in [0.1, 0.15) is 5.75 Å². The van der Waals surface area contributed by atoms with Gasteiger partial charge in [0.15, 0.2) is 0 Å². The fraction of sp³-hybridized carbons (Fsp3) is 0.176. The third-order valence-electron chi connectivity index (χ3n) is 3.82. The van der Waals surface area contributed by atoms with Crippen molar-refractivity contribution in [2.75, 3.05) is 7.11 Å². The summed E-state index contributed by atoms with van der Waals surface area (Å²) in [5.74, 6) is 0.744. The summed E-state index contributed by atoms with van der Waals surface area (Å²) < 4.78 is 5.11. The van der Waals surface area contributed by atoms with E-state index in [0.717, 1.165) is 27.8 Å². The van der Waals surface area contributed by atoms with E-state index in [1.165, 1.54) is 0 Å². The number of aromatic nitrogens is 1. The van der Waals surface area contributed by atoms with Crippen LogP contribution in [0.5, 0.6) is 5.75 Å². The zero-order valence-corrected chi connectivity index (χ0v) is 12.2. The van der Waals surface area contributed by atoms with Crippen LogP contribution in [-0.2, 0) is 6.42 Å². The molecule has 0 saturated heterocycles. The summed E-state index contributed by atoms with van der Waals surface area (Å²) in [7, 11) is 1.60. The van der Waals surface area contributed by atoms with Crippen LogP contribution in [0.4, 0.5) is 0 Å². The van der Waals surface area contributed by atoms with Gasteiger partial charge in [0.25, 0.3) is 0 Å². The summed E-state index contributed by atoms with van der Waals surface area (Å²) in [6.07, 6.45) is 2.08. The number of nitro groups is 1. The molecule has 3 rings (SSSR count). The molecule has 0 aliphatic heterocycles. The molecule has 5 heteroatoms. The van der Waals surface area contributed by atoms with Gasteiger partial charge in [-0.3, -0.25) is 10.1 Å².